The number of hydrogen-bond acceptors (Lipinski definition) is 5. The van der Waals surface area contributed by atoms with Crippen LogP contribution >= 0.6 is 0 Å². The molecule has 0 aliphatic heterocycles. The summed E-state index contributed by atoms with van der Waals surface area (Å²) >= 11 is 0. The third kappa shape index (κ3) is 1.33. The van der Waals surface area contributed by atoms with Crippen molar-refractivity contribution in [3.8, 4) is 6.07 Å². The van der Waals surface area contributed by atoms with Gasteiger partial charge in [0.05, 0.1) is 5.69 Å². The standard InChI is InChI=1S/C7H8N4O/c1-4-5(2-8)7(9)11-6(3-12)10-4/h12H,3H2,1H3,(H2,9,10,11). The van der Waals surface area contributed by atoms with Crippen molar-refractivity contribution in [3.05, 3.63) is 17.1 Å². The first kappa shape index (κ1) is 8.43. The molecule has 1 heterocycles. The Morgan fingerprint density at radius 2 is 2.25 bits per heavy atom. The molecule has 62 valence electrons. The van der Waals surface area contributed by atoms with Gasteiger partial charge < -0.3 is 10.8 Å². The minimum Gasteiger partial charge on any atom is -0.388 e. The predicted molar refractivity (Wildman–Crippen MR) is 41.8 cm³/mol. The van der Waals surface area contributed by atoms with Gasteiger partial charge in [-0.1, -0.05) is 0 Å². The van der Waals surface area contributed by atoms with Gasteiger partial charge >= 0.3 is 0 Å². The normalized spacial score (nSPS) is 9.42. The molecule has 5 heteroatoms. The van der Waals surface area contributed by atoms with Crippen molar-refractivity contribution >= 4 is 5.82 Å². The molecule has 0 aromatic carbocycles. The van der Waals surface area contributed by atoms with Crippen molar-refractivity contribution in [3.63, 3.8) is 0 Å². The van der Waals surface area contributed by atoms with E-state index in [4.69, 9.17) is 16.1 Å². The Kier molecular flexibility index (Phi) is 2.21. The number of hydrogen-bond donors (Lipinski definition) is 2. The van der Waals surface area contributed by atoms with Gasteiger partial charge in [-0.05, 0) is 6.92 Å². The molecule has 0 unspecified atom stereocenters. The Morgan fingerprint density at radius 1 is 1.58 bits per heavy atom. The molecule has 0 amide bonds. The van der Waals surface area contributed by atoms with Gasteiger partial charge in [-0.15, -0.1) is 0 Å². The van der Waals surface area contributed by atoms with E-state index in [2.05, 4.69) is 9.97 Å². The van der Waals surface area contributed by atoms with Crippen LogP contribution in [0.25, 0.3) is 0 Å². The number of nitrogens with two attached hydrogens (primary N) is 1. The van der Waals surface area contributed by atoms with E-state index in [1.54, 1.807) is 6.92 Å². The number of aliphatic hydroxyl groups is 1. The number of nitriles is 1. The summed E-state index contributed by atoms with van der Waals surface area (Å²) in [5, 5.41) is 17.3. The summed E-state index contributed by atoms with van der Waals surface area (Å²) < 4.78 is 0. The summed E-state index contributed by atoms with van der Waals surface area (Å²) in [4.78, 5) is 7.58. The van der Waals surface area contributed by atoms with E-state index >= 15 is 0 Å². The van der Waals surface area contributed by atoms with Crippen LogP contribution in [0.5, 0.6) is 0 Å². The number of nitrogens with zero attached hydrogens (tertiary/aromatic N) is 3. The molecule has 0 radical (unpaired) electrons. The lowest BCUT2D eigenvalue weighted by molar-refractivity contribution is 0.271. The van der Waals surface area contributed by atoms with Gasteiger partial charge in [-0.2, -0.15) is 5.26 Å². The molecule has 0 aliphatic carbocycles. The van der Waals surface area contributed by atoms with Crippen molar-refractivity contribution in [1.82, 2.24) is 9.97 Å². The maximum absolute atomic E-state index is 8.69. The lowest BCUT2D eigenvalue weighted by Crippen LogP contribution is -2.05. The highest BCUT2D eigenvalue weighted by atomic mass is 16.3. The van der Waals surface area contributed by atoms with Crippen molar-refractivity contribution in [2.45, 2.75) is 13.5 Å². The van der Waals surface area contributed by atoms with Crippen molar-refractivity contribution in [2.24, 2.45) is 0 Å². The number of nitrogen functional groups attached to an aromatic ring is 1. The van der Waals surface area contributed by atoms with E-state index in [0.717, 1.165) is 0 Å². The van der Waals surface area contributed by atoms with E-state index in [1.807, 2.05) is 6.07 Å². The van der Waals surface area contributed by atoms with Crippen LogP contribution in [0.1, 0.15) is 17.1 Å². The molecule has 1 aromatic rings. The zero-order valence-electron chi connectivity index (χ0n) is 6.57. The second-order valence-electron chi connectivity index (χ2n) is 2.26. The van der Waals surface area contributed by atoms with Crippen LogP contribution in [0.2, 0.25) is 0 Å². The Hall–Kier alpha value is -1.67. The lowest BCUT2D eigenvalue weighted by Gasteiger charge is -2.01. The summed E-state index contributed by atoms with van der Waals surface area (Å²) in [6, 6.07) is 1.88. The van der Waals surface area contributed by atoms with Crippen LogP contribution in [0.4, 0.5) is 5.82 Å². The van der Waals surface area contributed by atoms with Gasteiger partial charge in [0, 0.05) is 0 Å². The van der Waals surface area contributed by atoms with Gasteiger partial charge in [0.2, 0.25) is 0 Å². The molecular weight excluding hydrogens is 156 g/mol. The zero-order chi connectivity index (χ0) is 9.14. The molecular formula is C7H8N4O. The first-order valence-corrected chi connectivity index (χ1v) is 3.33. The third-order valence-corrected chi connectivity index (χ3v) is 1.42. The van der Waals surface area contributed by atoms with Crippen LogP contribution in [-0.4, -0.2) is 15.1 Å². The van der Waals surface area contributed by atoms with Crippen LogP contribution < -0.4 is 5.73 Å². The summed E-state index contributed by atoms with van der Waals surface area (Å²) in [5.74, 6) is 0.359. The SMILES string of the molecule is Cc1nc(CO)nc(N)c1C#N. The first-order chi connectivity index (χ1) is 5.69. The smallest absolute Gasteiger partial charge is 0.156 e. The Balaban J connectivity index is 3.30. The minimum atomic E-state index is -0.267. The second kappa shape index (κ2) is 3.15. The molecule has 0 aliphatic rings. The fourth-order valence-electron chi connectivity index (χ4n) is 0.864. The molecule has 0 fully saturated rings. The van der Waals surface area contributed by atoms with Crippen molar-refractivity contribution in [2.75, 3.05) is 5.73 Å². The average Bonchev–Trinajstić information content (AvgIpc) is 2.03. The summed E-state index contributed by atoms with van der Waals surface area (Å²) in [6.07, 6.45) is 0. The van der Waals surface area contributed by atoms with Crippen LogP contribution in [-0.2, 0) is 6.61 Å². The minimum absolute atomic E-state index is 0.119. The second-order valence-corrected chi connectivity index (χ2v) is 2.26. The molecule has 0 saturated carbocycles. The number of aliphatic hydroxyl groups excluding tert-OH is 1. The molecule has 1 rings (SSSR count). The molecule has 0 bridgehead atoms. The van der Waals surface area contributed by atoms with Crippen molar-refractivity contribution < 1.29 is 5.11 Å². The molecule has 5 nitrogen and oxygen atoms in total. The first-order valence-electron chi connectivity index (χ1n) is 3.33. The van der Waals surface area contributed by atoms with E-state index < -0.39 is 0 Å². The van der Waals surface area contributed by atoms with Crippen molar-refractivity contribution in [1.29, 1.82) is 5.26 Å². The molecule has 0 spiro atoms. The summed E-state index contributed by atoms with van der Waals surface area (Å²) in [6.45, 7) is 1.38. The number of rotatable bonds is 1. The van der Waals surface area contributed by atoms with E-state index in [0.29, 0.717) is 5.69 Å². The van der Waals surface area contributed by atoms with Gasteiger partial charge in [-0.3, -0.25) is 0 Å². The fraction of sp³-hybridized carbons (Fsp3) is 0.286. The Morgan fingerprint density at radius 3 is 2.67 bits per heavy atom. The number of anilines is 1. The molecule has 0 atom stereocenters. The maximum Gasteiger partial charge on any atom is 0.156 e. The molecule has 0 saturated heterocycles. The lowest BCUT2D eigenvalue weighted by atomic mass is 10.2. The van der Waals surface area contributed by atoms with Gasteiger partial charge in [-0.25, -0.2) is 9.97 Å². The quantitative estimate of drug-likeness (QED) is 0.595. The van der Waals surface area contributed by atoms with Gasteiger partial charge in [0.1, 0.15) is 24.1 Å². The molecule has 12 heavy (non-hydrogen) atoms. The summed E-state index contributed by atoms with van der Waals surface area (Å²) in [5.41, 5.74) is 6.19. The maximum atomic E-state index is 8.69. The predicted octanol–water partition coefficient (Wildman–Crippen LogP) is -0.269. The van der Waals surface area contributed by atoms with Gasteiger partial charge in [0.15, 0.2) is 5.82 Å². The average molecular weight is 164 g/mol. The third-order valence-electron chi connectivity index (χ3n) is 1.42. The Labute approximate surface area is 69.5 Å². The highest BCUT2D eigenvalue weighted by Gasteiger charge is 2.06. The van der Waals surface area contributed by atoms with E-state index in [-0.39, 0.29) is 23.8 Å². The fourth-order valence-corrected chi connectivity index (χ4v) is 0.864. The summed E-state index contributed by atoms with van der Waals surface area (Å²) in [7, 11) is 0. The largest absolute Gasteiger partial charge is 0.388 e. The monoisotopic (exact) mass is 164 g/mol. The highest BCUT2D eigenvalue weighted by Crippen LogP contribution is 2.10. The highest BCUT2D eigenvalue weighted by molar-refractivity contribution is 5.50. The molecule has 3 N–H and O–H groups in total. The van der Waals surface area contributed by atoms with Crippen LogP contribution in [0.3, 0.4) is 0 Å². The zero-order valence-corrected chi connectivity index (χ0v) is 6.57. The van der Waals surface area contributed by atoms with E-state index in [9.17, 15) is 0 Å². The number of aromatic nitrogens is 2. The van der Waals surface area contributed by atoms with Crippen LogP contribution in [0, 0.1) is 18.3 Å². The van der Waals surface area contributed by atoms with E-state index in [1.165, 1.54) is 0 Å². The molecule has 1 aromatic heterocycles. The Bertz CT molecular complexity index is 319. The topological polar surface area (TPSA) is 95.8 Å². The number of aryl methyl sites for hydroxylation is 1. The van der Waals surface area contributed by atoms with Crippen LogP contribution in [0.15, 0.2) is 0 Å². The van der Waals surface area contributed by atoms with Gasteiger partial charge in [0.25, 0.3) is 0 Å².